The van der Waals surface area contributed by atoms with Crippen molar-refractivity contribution < 1.29 is 4.42 Å². The molecule has 11 aromatic heterocycles. The molecule has 0 unspecified atom stereocenters. The van der Waals surface area contributed by atoms with Gasteiger partial charge in [0.05, 0.1) is 133 Å². The second-order valence-electron chi connectivity index (χ2n) is 33.6. The first kappa shape index (κ1) is 78.0. The van der Waals surface area contributed by atoms with Gasteiger partial charge in [0.1, 0.15) is 11.2 Å². The lowest BCUT2D eigenvalue weighted by Crippen LogP contribution is -2.24. The smallest absolute Gasteiger partial charge is 0.301 e. The molecule has 0 spiro atoms. The van der Waals surface area contributed by atoms with Crippen LogP contribution in [-0.2, 0) is 0 Å². The fourth-order valence-corrected chi connectivity index (χ4v) is 19.8. The van der Waals surface area contributed by atoms with E-state index in [1.165, 1.54) is 10.8 Å². The second kappa shape index (κ2) is 31.4. The molecular formula is C116H71N15O5. The zero-order valence-electron chi connectivity index (χ0n) is 72.2. The van der Waals surface area contributed by atoms with Gasteiger partial charge in [-0.2, -0.15) is 0 Å². The maximum Gasteiger partial charge on any atom is 0.301 e. The van der Waals surface area contributed by atoms with E-state index in [1.807, 2.05) is 344 Å². The molecule has 0 aliphatic rings. The first-order valence-corrected chi connectivity index (χ1v) is 44.7. The van der Waals surface area contributed by atoms with Crippen LogP contribution in [0.5, 0.6) is 0 Å². The maximum absolute atomic E-state index is 14.6. The fraction of sp³-hybridized carbons (Fsp3) is 0. The van der Waals surface area contributed by atoms with E-state index in [2.05, 4.69) is 109 Å². The Morgan fingerprint density at radius 3 is 1.21 bits per heavy atom. The van der Waals surface area contributed by atoms with Crippen LogP contribution in [0.25, 0.3) is 227 Å². The van der Waals surface area contributed by atoms with Crippen LogP contribution in [0.3, 0.4) is 0 Å². The van der Waals surface area contributed by atoms with Gasteiger partial charge in [0.15, 0.2) is 0 Å². The van der Waals surface area contributed by atoms with Crippen molar-refractivity contribution in [1.29, 1.82) is 0 Å². The predicted molar refractivity (Wildman–Crippen MR) is 546 cm³/mol. The summed E-state index contributed by atoms with van der Waals surface area (Å²) in [6, 6.07) is 142. The molecule has 0 fully saturated rings. The fourth-order valence-electron chi connectivity index (χ4n) is 19.8. The van der Waals surface area contributed by atoms with Gasteiger partial charge in [0, 0.05) is 32.8 Å². The minimum atomic E-state index is -0.286. The third-order valence-corrected chi connectivity index (χ3v) is 25.9. The van der Waals surface area contributed by atoms with Crippen molar-refractivity contribution in [2.75, 3.05) is 0 Å². The quantitative estimate of drug-likeness (QED) is 0.147. The molecule has 136 heavy (non-hydrogen) atoms. The Hall–Kier alpha value is -19.1. The molecule has 0 bridgehead atoms. The highest BCUT2D eigenvalue weighted by atomic mass is 16.3. The van der Waals surface area contributed by atoms with Gasteiger partial charge in [-0.15, -0.1) is 0 Å². The number of fused-ring (bicyclic) bond motifs is 28. The molecular weight excluding hydrogens is 1680 g/mol. The van der Waals surface area contributed by atoms with Crippen molar-refractivity contribution >= 4 is 176 Å². The van der Waals surface area contributed by atoms with E-state index in [1.54, 1.807) is 18.3 Å². The van der Waals surface area contributed by atoms with Crippen molar-refractivity contribution in [2.24, 2.45) is 0 Å². The number of nitrogens with zero attached hydrogens (tertiary/aromatic N) is 15. The third-order valence-electron chi connectivity index (χ3n) is 25.9. The van der Waals surface area contributed by atoms with Gasteiger partial charge in [-0.3, -0.25) is 36.8 Å². The first-order chi connectivity index (χ1) is 67.2. The second-order valence-corrected chi connectivity index (χ2v) is 33.6. The molecule has 0 atom stereocenters. The summed E-state index contributed by atoms with van der Waals surface area (Å²) < 4.78 is 23.3. The monoisotopic (exact) mass is 1750 g/mol. The van der Waals surface area contributed by atoms with Crippen molar-refractivity contribution in [3.8, 4) is 51.1 Å². The van der Waals surface area contributed by atoms with Gasteiger partial charge in [0.25, 0.3) is 16.7 Å². The van der Waals surface area contributed by atoms with E-state index in [9.17, 15) is 19.2 Å². The lowest BCUT2D eigenvalue weighted by Gasteiger charge is -2.15. The molecule has 11 heterocycles. The molecule has 0 saturated heterocycles. The van der Waals surface area contributed by atoms with E-state index in [0.717, 1.165) is 166 Å². The van der Waals surface area contributed by atoms with Gasteiger partial charge in [-0.25, -0.2) is 48.2 Å². The Balaban J connectivity index is 0.0000000994. The maximum atomic E-state index is 14.6. The molecule has 640 valence electrons. The molecule has 0 amide bonds. The van der Waals surface area contributed by atoms with Gasteiger partial charge in [0.2, 0.25) is 28.9 Å². The molecule has 29 rings (SSSR count). The summed E-state index contributed by atoms with van der Waals surface area (Å²) in [5, 5.41) is 9.38. The Kier molecular flexibility index (Phi) is 18.0. The van der Waals surface area contributed by atoms with Crippen LogP contribution in [0.4, 0.5) is 0 Å². The van der Waals surface area contributed by atoms with Crippen LogP contribution in [-0.4, -0.2) is 70.3 Å². The number of hydrogen-bond acceptors (Lipinski definition) is 11. The van der Waals surface area contributed by atoms with Crippen LogP contribution in [0.15, 0.2) is 454 Å². The summed E-state index contributed by atoms with van der Waals surface area (Å²) in [6.07, 6.45) is 0. The minimum Gasteiger partial charge on any atom is -0.456 e. The molecule has 0 aliphatic heterocycles. The number of imidazole rings is 4. The Morgan fingerprint density at radius 2 is 0.625 bits per heavy atom. The largest absolute Gasteiger partial charge is 0.456 e. The molecule has 0 N–H and O–H groups in total. The van der Waals surface area contributed by atoms with E-state index in [4.69, 9.17) is 34.3 Å². The Morgan fingerprint density at radius 1 is 0.206 bits per heavy atom. The predicted octanol–water partition coefficient (Wildman–Crippen LogP) is 24.6. The topological polar surface area (TPSA) is 201 Å². The zero-order chi connectivity index (χ0) is 90.3. The summed E-state index contributed by atoms with van der Waals surface area (Å²) in [4.78, 5) is 84.4. The highest BCUT2D eigenvalue weighted by Crippen LogP contribution is 2.40. The minimum absolute atomic E-state index is 0.0559. The molecule has 18 aromatic carbocycles. The van der Waals surface area contributed by atoms with Gasteiger partial charge >= 0.3 is 5.56 Å². The zero-order valence-corrected chi connectivity index (χ0v) is 72.2. The average Bonchev–Trinajstić information content (AvgIpc) is 1.51. The van der Waals surface area contributed by atoms with Crippen molar-refractivity contribution in [1.82, 2.24) is 70.3 Å². The summed E-state index contributed by atoms with van der Waals surface area (Å²) in [5.41, 5.74) is 22.9. The number of hydrogen-bond donors (Lipinski definition) is 0. The summed E-state index contributed by atoms with van der Waals surface area (Å²) in [5.74, 6) is 2.14. The highest BCUT2D eigenvalue weighted by Gasteiger charge is 2.26. The first-order valence-electron chi connectivity index (χ1n) is 44.7. The number of aromatic nitrogens is 15. The Bertz CT molecular complexity index is 10300. The lowest BCUT2D eigenvalue weighted by molar-refractivity contribution is 0.669. The molecule has 0 aliphatic carbocycles. The van der Waals surface area contributed by atoms with Gasteiger partial charge in [-0.1, -0.05) is 255 Å². The van der Waals surface area contributed by atoms with E-state index < -0.39 is 0 Å². The van der Waals surface area contributed by atoms with Crippen LogP contribution >= 0.6 is 0 Å². The lowest BCUT2D eigenvalue weighted by atomic mass is 10.0. The molecule has 29 aromatic rings. The van der Waals surface area contributed by atoms with E-state index in [0.29, 0.717) is 50.6 Å². The van der Waals surface area contributed by atoms with Crippen molar-refractivity contribution in [3.63, 3.8) is 0 Å². The van der Waals surface area contributed by atoms with Gasteiger partial charge < -0.3 is 8.98 Å². The Labute approximate surface area is 769 Å². The number of benzene rings is 18. The molecule has 0 saturated carbocycles. The highest BCUT2D eigenvalue weighted by molar-refractivity contribution is 6.12. The summed E-state index contributed by atoms with van der Waals surface area (Å²) in [7, 11) is 0. The molecule has 0 radical (unpaired) electrons. The van der Waals surface area contributed by atoms with E-state index >= 15 is 0 Å². The van der Waals surface area contributed by atoms with Crippen molar-refractivity contribution in [3.05, 3.63) is 472 Å². The number of furan rings is 1. The van der Waals surface area contributed by atoms with Gasteiger partial charge in [-0.05, 0) is 198 Å². The summed E-state index contributed by atoms with van der Waals surface area (Å²) in [6.45, 7) is 0. The SMILES string of the molecule is O=c1c2ccccc2n2c3ccccc3nc2n1-c1ccc2ccccc2c1.O=c1c2ccccc2n2c3ccccc3nc2n1-c1cccc2oc3ccccc3c12.O=c1c2ccccc2n2c3ccccc3nc2n1-c1ccccc1.O=c1c2nc3ccccc3n2c2cc(-c3ccc4c(c3)c3ccccc3n4-c3ccccc3)ccc2n1-c1nc(-c2ccccc2)c2ccccc2n1. The molecule has 20 nitrogen and oxygen atoms in total. The van der Waals surface area contributed by atoms with Crippen molar-refractivity contribution in [2.45, 2.75) is 0 Å². The number of para-hydroxylation sites is 16. The van der Waals surface area contributed by atoms with Crippen LogP contribution in [0.1, 0.15) is 0 Å². The third kappa shape index (κ3) is 12.4. The van der Waals surface area contributed by atoms with E-state index in [-0.39, 0.29) is 22.2 Å². The molecule has 20 heteroatoms. The average molecular weight is 1750 g/mol. The summed E-state index contributed by atoms with van der Waals surface area (Å²) >= 11 is 0. The van der Waals surface area contributed by atoms with Crippen LogP contribution in [0.2, 0.25) is 0 Å². The van der Waals surface area contributed by atoms with Crippen LogP contribution in [0, 0.1) is 0 Å². The number of rotatable bonds is 7. The normalized spacial score (nSPS) is 11.8. The standard InChI is InChI=1S/C46H28N6O.C26H15N3O2.C24H15N3O.C20H13N3O/c53-45-44-47-37-20-10-12-22-40(37)51(44)42-28-31(30-23-25-39-35(27-30)33-17-8-11-21-38(33)50(39)32-15-5-2-6-16-32)24-26-41(42)52(45)46-48-36-19-9-7-18-34(36)43(49-46)29-13-3-1-4-14-29;30-25-16-8-1-4-11-19(16)28-20-12-5-3-10-18(20)27-26(28)29(25)21-13-7-15-23-24(21)17-9-2-6-14-22(17)31-23;28-23-19-9-3-5-11-21(19)27-22-12-6-4-10-20(22)25-24(27)26(23)18-14-13-16-7-1-2-8-17(16)15-18;24-19-15-10-4-6-12-17(15)23-18-13-7-5-11-16(18)21-20(23)22(19)14-8-2-1-3-9-14/h1-28H;1-15H;1-15H;1-13H. The van der Waals surface area contributed by atoms with Crippen LogP contribution < -0.4 is 22.2 Å².